The molecule has 15 heavy (non-hydrogen) atoms. The molecule has 0 fully saturated rings. The van der Waals surface area contributed by atoms with E-state index in [1.807, 2.05) is 0 Å². The molecular formula is C7H3F5INO. The first-order chi connectivity index (χ1) is 6.73. The van der Waals surface area contributed by atoms with Crippen molar-refractivity contribution >= 4 is 22.6 Å². The first kappa shape index (κ1) is 12.6. The van der Waals surface area contributed by atoms with Crippen LogP contribution in [0.1, 0.15) is 11.7 Å². The number of hydrogen-bond acceptors (Lipinski definition) is 2. The van der Waals surface area contributed by atoms with Crippen molar-refractivity contribution in [1.29, 1.82) is 0 Å². The second kappa shape index (κ2) is 4.16. The number of aliphatic hydroxyl groups is 1. The Kier molecular flexibility index (Phi) is 3.48. The molecule has 1 N–H and O–H groups in total. The Morgan fingerprint density at radius 2 is 1.87 bits per heavy atom. The van der Waals surface area contributed by atoms with Crippen LogP contribution in [-0.2, 0) is 0 Å². The average molecular weight is 339 g/mol. The van der Waals surface area contributed by atoms with E-state index < -0.39 is 29.7 Å². The third-order valence-electron chi connectivity index (χ3n) is 1.51. The Bertz CT molecular complexity index is 357. The van der Waals surface area contributed by atoms with Crippen LogP contribution in [-0.4, -0.2) is 16.3 Å². The minimum absolute atomic E-state index is 0.373. The van der Waals surface area contributed by atoms with Gasteiger partial charge < -0.3 is 5.11 Å². The van der Waals surface area contributed by atoms with Crippen molar-refractivity contribution in [3.05, 3.63) is 27.1 Å². The van der Waals surface area contributed by atoms with Gasteiger partial charge in [-0.05, 0) is 22.6 Å². The highest BCUT2D eigenvalue weighted by Crippen LogP contribution is 2.35. The van der Waals surface area contributed by atoms with E-state index in [9.17, 15) is 22.0 Å². The minimum atomic E-state index is -5.01. The maximum Gasteiger partial charge on any atom is 0.418 e. The summed E-state index contributed by atoms with van der Waals surface area (Å²) in [5, 5.41) is 8.78. The summed E-state index contributed by atoms with van der Waals surface area (Å²) >= 11 is 1.29. The zero-order valence-electron chi connectivity index (χ0n) is 6.82. The van der Waals surface area contributed by atoms with Crippen molar-refractivity contribution in [2.45, 2.75) is 12.3 Å². The van der Waals surface area contributed by atoms with Crippen molar-refractivity contribution in [2.75, 3.05) is 0 Å². The Balaban J connectivity index is 3.26. The summed E-state index contributed by atoms with van der Waals surface area (Å²) in [4.78, 5) is 2.57. The molecule has 0 amide bonds. The Morgan fingerprint density at radius 1 is 1.33 bits per heavy atom. The summed E-state index contributed by atoms with van der Waals surface area (Å²) in [5.41, 5.74) is -1.07. The molecule has 2 nitrogen and oxygen atoms in total. The first-order valence-corrected chi connectivity index (χ1v) is 4.57. The monoisotopic (exact) mass is 339 g/mol. The predicted octanol–water partition coefficient (Wildman–Crippen LogP) is 2.56. The van der Waals surface area contributed by atoms with Crippen LogP contribution in [0.4, 0.5) is 22.0 Å². The Hall–Kier alpha value is -0.510. The topological polar surface area (TPSA) is 33.1 Å². The molecule has 1 atom stereocenters. The summed E-state index contributed by atoms with van der Waals surface area (Å²) in [6, 6.07) is 0.605. The van der Waals surface area contributed by atoms with Gasteiger partial charge in [-0.15, -0.1) is 0 Å². The lowest BCUT2D eigenvalue weighted by atomic mass is 10.1. The van der Waals surface area contributed by atoms with Gasteiger partial charge in [-0.3, -0.25) is 0 Å². The summed E-state index contributed by atoms with van der Waals surface area (Å²) < 4.78 is 61.1. The zero-order valence-corrected chi connectivity index (χ0v) is 8.97. The quantitative estimate of drug-likeness (QED) is 0.485. The highest BCUT2D eigenvalue weighted by Gasteiger charge is 2.42. The second-order valence-electron chi connectivity index (χ2n) is 2.58. The molecule has 1 rings (SSSR count). The summed E-state index contributed by atoms with van der Waals surface area (Å²) in [6.45, 7) is 0. The van der Waals surface area contributed by atoms with Gasteiger partial charge in [-0.25, -0.2) is 0 Å². The largest absolute Gasteiger partial charge is 0.418 e. The number of rotatable bonds is 1. The number of aliphatic hydroxyl groups excluding tert-OH is 1. The third-order valence-corrected chi connectivity index (χ3v) is 2.41. The summed E-state index contributed by atoms with van der Waals surface area (Å²) in [7, 11) is 0. The van der Waals surface area contributed by atoms with Crippen LogP contribution < -0.4 is 0 Å². The lowest BCUT2D eigenvalue weighted by molar-refractivity contribution is -0.208. The normalized spacial score (nSPS) is 14.1. The molecular weight excluding hydrogens is 336 g/mol. The zero-order chi connectivity index (χ0) is 11.8. The van der Waals surface area contributed by atoms with Crippen LogP contribution in [0.25, 0.3) is 0 Å². The van der Waals surface area contributed by atoms with Crippen LogP contribution in [0.2, 0.25) is 0 Å². The minimum Gasteiger partial charge on any atom is -0.379 e. The van der Waals surface area contributed by atoms with Gasteiger partial charge >= 0.3 is 6.18 Å². The predicted molar refractivity (Wildman–Crippen MR) is 47.9 cm³/mol. The van der Waals surface area contributed by atoms with E-state index in [0.717, 1.165) is 0 Å². The fourth-order valence-corrected chi connectivity index (χ4v) is 1.65. The Morgan fingerprint density at radius 3 is 2.27 bits per heavy atom. The number of alkyl halides is 3. The van der Waals surface area contributed by atoms with E-state index in [0.29, 0.717) is 6.07 Å². The van der Waals surface area contributed by atoms with E-state index in [4.69, 9.17) is 5.11 Å². The maximum atomic E-state index is 12.9. The van der Waals surface area contributed by atoms with Gasteiger partial charge in [-0.1, -0.05) is 0 Å². The van der Waals surface area contributed by atoms with Gasteiger partial charge in [-0.2, -0.15) is 26.9 Å². The molecule has 84 valence electrons. The number of halogens is 6. The molecule has 0 aliphatic rings. The van der Waals surface area contributed by atoms with Gasteiger partial charge in [0, 0.05) is 9.64 Å². The molecule has 0 spiro atoms. The van der Waals surface area contributed by atoms with E-state index in [1.54, 1.807) is 0 Å². The molecule has 0 bridgehead atoms. The van der Waals surface area contributed by atoms with Gasteiger partial charge in [0.15, 0.2) is 6.10 Å². The van der Waals surface area contributed by atoms with Crippen LogP contribution in [0, 0.1) is 15.5 Å². The van der Waals surface area contributed by atoms with E-state index in [-0.39, 0.29) is 3.57 Å². The maximum absolute atomic E-state index is 12.9. The van der Waals surface area contributed by atoms with Crippen LogP contribution in [0.5, 0.6) is 0 Å². The number of hydrogen-bond donors (Lipinski definition) is 1. The van der Waals surface area contributed by atoms with E-state index in [2.05, 4.69) is 4.98 Å². The fraction of sp³-hybridized carbons (Fsp3) is 0.286. The first-order valence-electron chi connectivity index (χ1n) is 3.49. The molecule has 0 aliphatic carbocycles. The molecule has 1 heterocycles. The number of nitrogens with zero attached hydrogens (tertiary/aromatic N) is 1. The van der Waals surface area contributed by atoms with E-state index in [1.165, 1.54) is 22.6 Å². The van der Waals surface area contributed by atoms with Crippen LogP contribution in [0.3, 0.4) is 0 Å². The second-order valence-corrected chi connectivity index (χ2v) is 3.74. The lowest BCUT2D eigenvalue weighted by Crippen LogP contribution is -2.23. The number of pyridine rings is 1. The smallest absolute Gasteiger partial charge is 0.379 e. The van der Waals surface area contributed by atoms with Gasteiger partial charge in [0.2, 0.25) is 11.9 Å². The molecule has 1 aromatic heterocycles. The summed E-state index contributed by atoms with van der Waals surface area (Å²) in [6.07, 6.45) is -8.02. The Labute approximate surface area is 94.3 Å². The van der Waals surface area contributed by atoms with Crippen LogP contribution >= 0.6 is 22.6 Å². The fourth-order valence-electron chi connectivity index (χ4n) is 0.874. The van der Waals surface area contributed by atoms with Crippen molar-refractivity contribution < 1.29 is 27.1 Å². The molecule has 8 heteroatoms. The highest BCUT2D eigenvalue weighted by atomic mass is 127. The third kappa shape index (κ3) is 2.74. The van der Waals surface area contributed by atoms with Gasteiger partial charge in [0.25, 0.3) is 0 Å². The van der Waals surface area contributed by atoms with Crippen molar-refractivity contribution in [2.24, 2.45) is 0 Å². The average Bonchev–Trinajstić information content (AvgIpc) is 1.99. The van der Waals surface area contributed by atoms with Crippen LogP contribution in [0.15, 0.2) is 6.07 Å². The lowest BCUT2D eigenvalue weighted by Gasteiger charge is -2.16. The van der Waals surface area contributed by atoms with Gasteiger partial charge in [0.1, 0.15) is 0 Å². The molecule has 0 saturated carbocycles. The highest BCUT2D eigenvalue weighted by molar-refractivity contribution is 14.1. The number of aromatic nitrogens is 1. The summed E-state index contributed by atoms with van der Waals surface area (Å²) in [5.74, 6) is -2.90. The van der Waals surface area contributed by atoms with E-state index >= 15 is 0 Å². The van der Waals surface area contributed by atoms with Crippen molar-refractivity contribution in [1.82, 2.24) is 4.98 Å². The molecule has 0 radical (unpaired) electrons. The standard InChI is InChI=1S/C7H3F5INO/c8-3-1-2(13)4(6(9)14-3)5(15)7(10,11)12/h1,5,15H. The molecule has 1 unspecified atom stereocenters. The molecule has 0 aromatic carbocycles. The van der Waals surface area contributed by atoms with Crippen molar-refractivity contribution in [3.8, 4) is 0 Å². The molecule has 1 aromatic rings. The van der Waals surface area contributed by atoms with Crippen molar-refractivity contribution in [3.63, 3.8) is 0 Å². The van der Waals surface area contributed by atoms with Gasteiger partial charge in [0.05, 0.1) is 5.56 Å². The SMILES string of the molecule is OC(c1c(I)cc(F)nc1F)C(F)(F)F. The molecule has 0 aliphatic heterocycles. The molecule has 0 saturated heterocycles.